The monoisotopic (exact) mass is 197 g/mol. The van der Waals surface area contributed by atoms with Crippen LogP contribution >= 0.6 is 11.3 Å². The number of rotatable bonds is 2. The summed E-state index contributed by atoms with van der Waals surface area (Å²) in [4.78, 5) is 12.7. The van der Waals surface area contributed by atoms with Gasteiger partial charge in [-0.2, -0.15) is 5.10 Å². The van der Waals surface area contributed by atoms with E-state index in [-0.39, 0.29) is 0 Å². The maximum atomic E-state index is 10.3. The predicted octanol–water partition coefficient (Wildman–Crippen LogP) is 1.37. The van der Waals surface area contributed by atoms with Crippen LogP contribution in [0.3, 0.4) is 0 Å². The Kier molecular flexibility index (Phi) is 3.02. The maximum Gasteiger partial charge on any atom is 0.332 e. The summed E-state index contributed by atoms with van der Waals surface area (Å²) < 4.78 is 0. The summed E-state index contributed by atoms with van der Waals surface area (Å²) in [5.74, 6) is 0. The average molecular weight is 197 g/mol. The first kappa shape index (κ1) is 9.73. The molecule has 0 aliphatic carbocycles. The fourth-order valence-electron chi connectivity index (χ4n) is 0.944. The zero-order valence-corrected chi connectivity index (χ0v) is 8.31. The van der Waals surface area contributed by atoms with Gasteiger partial charge in [-0.15, -0.1) is 11.3 Å². The molecule has 3 N–H and O–H groups in total. The zero-order chi connectivity index (χ0) is 9.84. The Labute approximate surface area is 80.4 Å². The second kappa shape index (κ2) is 4.04. The topological polar surface area (TPSA) is 67.5 Å². The number of carbonyl (C=O) groups excluding carboxylic acids is 1. The van der Waals surface area contributed by atoms with Gasteiger partial charge in [0.1, 0.15) is 0 Å². The van der Waals surface area contributed by atoms with E-state index in [0.29, 0.717) is 0 Å². The molecule has 4 nitrogen and oxygen atoms in total. The minimum Gasteiger partial charge on any atom is -0.350 e. The van der Waals surface area contributed by atoms with E-state index in [2.05, 4.69) is 10.5 Å². The number of nitrogens with two attached hydrogens (primary N) is 1. The molecule has 2 amide bonds. The molecule has 0 fully saturated rings. The number of thiophene rings is 1. The Morgan fingerprint density at radius 3 is 2.85 bits per heavy atom. The number of carbonyl (C=O) groups is 1. The summed E-state index contributed by atoms with van der Waals surface area (Å²) in [6, 6.07) is 1.35. The van der Waals surface area contributed by atoms with Crippen LogP contribution in [0.2, 0.25) is 0 Å². The molecule has 0 bridgehead atoms. The normalized spacial score (nSPS) is 10.6. The standard InChI is InChI=1S/C8H11N3OS/c1-5-3-7(6(2)13-5)4-10-11-8(9)12/h3-4H,1-2H3,(H3,9,11,12). The van der Waals surface area contributed by atoms with Crippen molar-refractivity contribution < 1.29 is 4.79 Å². The minimum atomic E-state index is -0.652. The Hall–Kier alpha value is -1.36. The van der Waals surface area contributed by atoms with Crippen molar-refractivity contribution in [2.75, 3.05) is 0 Å². The average Bonchev–Trinajstić information content (AvgIpc) is 2.29. The number of hydrazone groups is 1. The Bertz CT molecular complexity index is 343. The van der Waals surface area contributed by atoms with Gasteiger partial charge in [-0.1, -0.05) is 0 Å². The number of hydrogen-bond acceptors (Lipinski definition) is 3. The van der Waals surface area contributed by atoms with E-state index in [1.54, 1.807) is 17.6 Å². The lowest BCUT2D eigenvalue weighted by Crippen LogP contribution is -2.24. The van der Waals surface area contributed by atoms with Gasteiger partial charge in [-0.25, -0.2) is 10.2 Å². The largest absolute Gasteiger partial charge is 0.350 e. The number of nitrogens with one attached hydrogen (secondary N) is 1. The fourth-order valence-corrected chi connectivity index (χ4v) is 1.84. The van der Waals surface area contributed by atoms with Crippen LogP contribution in [0, 0.1) is 13.8 Å². The molecule has 1 rings (SSSR count). The molecule has 1 aromatic rings. The lowest BCUT2D eigenvalue weighted by Gasteiger charge is -1.90. The number of amides is 2. The van der Waals surface area contributed by atoms with Crippen LogP contribution in [-0.4, -0.2) is 12.2 Å². The molecular weight excluding hydrogens is 186 g/mol. The van der Waals surface area contributed by atoms with E-state index < -0.39 is 6.03 Å². The van der Waals surface area contributed by atoms with Crippen LogP contribution in [0.4, 0.5) is 4.79 Å². The van der Waals surface area contributed by atoms with Gasteiger partial charge >= 0.3 is 6.03 Å². The van der Waals surface area contributed by atoms with Crippen LogP contribution in [-0.2, 0) is 0 Å². The highest BCUT2D eigenvalue weighted by atomic mass is 32.1. The zero-order valence-electron chi connectivity index (χ0n) is 7.50. The molecule has 0 unspecified atom stereocenters. The van der Waals surface area contributed by atoms with Crippen LogP contribution < -0.4 is 11.2 Å². The van der Waals surface area contributed by atoms with E-state index in [9.17, 15) is 4.79 Å². The highest BCUT2D eigenvalue weighted by Crippen LogP contribution is 2.18. The molecule has 0 saturated heterocycles. The lowest BCUT2D eigenvalue weighted by molar-refractivity contribution is 0.249. The molecule has 1 heterocycles. The summed E-state index contributed by atoms with van der Waals surface area (Å²) in [5, 5.41) is 3.67. The van der Waals surface area contributed by atoms with Crippen molar-refractivity contribution in [3.05, 3.63) is 21.4 Å². The fraction of sp³-hybridized carbons (Fsp3) is 0.250. The Morgan fingerprint density at radius 2 is 2.38 bits per heavy atom. The Morgan fingerprint density at radius 1 is 1.69 bits per heavy atom. The molecule has 0 spiro atoms. The van der Waals surface area contributed by atoms with Gasteiger partial charge in [0.2, 0.25) is 0 Å². The molecule has 0 atom stereocenters. The third kappa shape index (κ3) is 2.87. The molecule has 1 aromatic heterocycles. The minimum absolute atomic E-state index is 0.652. The first-order valence-electron chi connectivity index (χ1n) is 3.75. The van der Waals surface area contributed by atoms with E-state index in [0.717, 1.165) is 5.56 Å². The number of urea groups is 1. The highest BCUT2D eigenvalue weighted by Gasteiger charge is 1.98. The van der Waals surface area contributed by atoms with E-state index in [1.807, 2.05) is 19.9 Å². The van der Waals surface area contributed by atoms with Gasteiger partial charge < -0.3 is 5.73 Å². The van der Waals surface area contributed by atoms with Gasteiger partial charge in [-0.05, 0) is 19.9 Å². The van der Waals surface area contributed by atoms with E-state index in [4.69, 9.17) is 5.73 Å². The van der Waals surface area contributed by atoms with Crippen molar-refractivity contribution in [3.8, 4) is 0 Å². The summed E-state index contributed by atoms with van der Waals surface area (Å²) in [7, 11) is 0. The molecular formula is C8H11N3OS. The van der Waals surface area contributed by atoms with E-state index in [1.165, 1.54) is 9.75 Å². The molecule has 0 radical (unpaired) electrons. The number of hydrogen-bond donors (Lipinski definition) is 2. The first-order valence-corrected chi connectivity index (χ1v) is 4.57. The van der Waals surface area contributed by atoms with Gasteiger partial charge in [0.25, 0.3) is 0 Å². The maximum absolute atomic E-state index is 10.3. The van der Waals surface area contributed by atoms with Crippen molar-refractivity contribution >= 4 is 23.6 Å². The van der Waals surface area contributed by atoms with Crippen LogP contribution in [0.1, 0.15) is 15.3 Å². The van der Waals surface area contributed by atoms with Gasteiger partial charge in [0.15, 0.2) is 0 Å². The first-order chi connectivity index (χ1) is 6.09. The third-order valence-corrected chi connectivity index (χ3v) is 2.44. The molecule has 0 aliphatic heterocycles. The van der Waals surface area contributed by atoms with Gasteiger partial charge in [0, 0.05) is 15.3 Å². The third-order valence-electron chi connectivity index (χ3n) is 1.46. The van der Waals surface area contributed by atoms with Crippen molar-refractivity contribution in [1.29, 1.82) is 0 Å². The van der Waals surface area contributed by atoms with Gasteiger partial charge in [0.05, 0.1) is 6.21 Å². The van der Waals surface area contributed by atoms with Crippen molar-refractivity contribution in [3.63, 3.8) is 0 Å². The summed E-state index contributed by atoms with van der Waals surface area (Å²) in [6.07, 6.45) is 1.59. The SMILES string of the molecule is Cc1cc(C=NNC(N)=O)c(C)s1. The van der Waals surface area contributed by atoms with E-state index >= 15 is 0 Å². The second-order valence-corrected chi connectivity index (χ2v) is 4.06. The summed E-state index contributed by atoms with van der Waals surface area (Å²) in [6.45, 7) is 4.03. The summed E-state index contributed by atoms with van der Waals surface area (Å²) >= 11 is 1.69. The number of nitrogens with zero attached hydrogens (tertiary/aromatic N) is 1. The number of aryl methyl sites for hydroxylation is 2. The molecule has 0 aliphatic rings. The van der Waals surface area contributed by atoms with Crippen LogP contribution in [0.5, 0.6) is 0 Å². The summed E-state index contributed by atoms with van der Waals surface area (Å²) in [5.41, 5.74) is 7.99. The second-order valence-electron chi connectivity index (χ2n) is 2.60. The molecule has 13 heavy (non-hydrogen) atoms. The molecule has 0 saturated carbocycles. The molecule has 0 aromatic carbocycles. The smallest absolute Gasteiger partial charge is 0.332 e. The van der Waals surface area contributed by atoms with Crippen molar-refractivity contribution in [2.24, 2.45) is 10.8 Å². The quantitative estimate of drug-likeness (QED) is 0.545. The number of primary amides is 1. The highest BCUT2D eigenvalue weighted by molar-refractivity contribution is 7.12. The molecule has 5 heteroatoms. The Balaban J connectivity index is 2.68. The van der Waals surface area contributed by atoms with Crippen LogP contribution in [0.25, 0.3) is 0 Å². The van der Waals surface area contributed by atoms with Gasteiger partial charge in [-0.3, -0.25) is 0 Å². The lowest BCUT2D eigenvalue weighted by atomic mass is 10.3. The van der Waals surface area contributed by atoms with Crippen LogP contribution in [0.15, 0.2) is 11.2 Å². The van der Waals surface area contributed by atoms with Crippen molar-refractivity contribution in [1.82, 2.24) is 5.43 Å². The predicted molar refractivity (Wildman–Crippen MR) is 54.1 cm³/mol. The molecule has 70 valence electrons. The van der Waals surface area contributed by atoms with Crippen molar-refractivity contribution in [2.45, 2.75) is 13.8 Å².